The predicted octanol–water partition coefficient (Wildman–Crippen LogP) is 1.49. The minimum absolute atomic E-state index is 0.0144. The molecule has 0 fully saturated rings. The van der Waals surface area contributed by atoms with E-state index in [4.69, 9.17) is 17.3 Å². The fourth-order valence-electron chi connectivity index (χ4n) is 1.65. The Kier molecular flexibility index (Phi) is 5.38. The Labute approximate surface area is 123 Å². The monoisotopic (exact) mass is 320 g/mol. The first kappa shape index (κ1) is 16.7. The molecular formula is C12H17ClN2O4S. The zero-order valence-corrected chi connectivity index (χ0v) is 13.0. The molecule has 0 radical (unpaired) electrons. The van der Waals surface area contributed by atoms with Gasteiger partial charge >= 0.3 is 5.97 Å². The van der Waals surface area contributed by atoms with Gasteiger partial charge in [-0.25, -0.2) is 8.42 Å². The lowest BCUT2D eigenvalue weighted by Crippen LogP contribution is -2.41. The number of nitrogen functional groups attached to an aromatic ring is 1. The lowest BCUT2D eigenvalue weighted by molar-refractivity contribution is -0.141. The van der Waals surface area contributed by atoms with Crippen molar-refractivity contribution in [3.8, 4) is 0 Å². The lowest BCUT2D eigenvalue weighted by Gasteiger charge is -2.25. The molecule has 20 heavy (non-hydrogen) atoms. The van der Waals surface area contributed by atoms with Crippen LogP contribution in [0.4, 0.5) is 5.69 Å². The van der Waals surface area contributed by atoms with Crippen LogP contribution in [-0.2, 0) is 19.6 Å². The Morgan fingerprint density at radius 3 is 2.50 bits per heavy atom. The van der Waals surface area contributed by atoms with Crippen molar-refractivity contribution in [3.05, 3.63) is 23.2 Å². The van der Waals surface area contributed by atoms with E-state index in [1.165, 1.54) is 19.2 Å². The summed E-state index contributed by atoms with van der Waals surface area (Å²) in [7, 11) is -2.80. The first-order valence-corrected chi connectivity index (χ1v) is 7.66. The van der Waals surface area contributed by atoms with Gasteiger partial charge in [-0.1, -0.05) is 17.7 Å². The van der Waals surface area contributed by atoms with E-state index < -0.39 is 28.6 Å². The first-order chi connectivity index (χ1) is 9.21. The molecule has 0 saturated carbocycles. The van der Waals surface area contributed by atoms with E-state index in [9.17, 15) is 13.2 Å². The highest BCUT2D eigenvalue weighted by molar-refractivity contribution is 7.89. The molecule has 0 aliphatic carbocycles. The molecule has 0 bridgehead atoms. The third-order valence-corrected chi connectivity index (χ3v) is 5.22. The van der Waals surface area contributed by atoms with Crippen LogP contribution in [0, 0.1) is 0 Å². The third kappa shape index (κ3) is 3.41. The summed E-state index contributed by atoms with van der Waals surface area (Å²) < 4.78 is 30.8. The summed E-state index contributed by atoms with van der Waals surface area (Å²) in [6.07, 6.45) is 0. The minimum atomic E-state index is -3.99. The van der Waals surface area contributed by atoms with Gasteiger partial charge in [0.15, 0.2) is 0 Å². The second kappa shape index (κ2) is 6.43. The second-order valence-electron chi connectivity index (χ2n) is 4.38. The fourth-order valence-corrected chi connectivity index (χ4v) is 3.87. The molecule has 1 aromatic carbocycles. The molecule has 0 aromatic heterocycles. The van der Waals surface area contributed by atoms with Crippen molar-refractivity contribution in [1.29, 1.82) is 0 Å². The van der Waals surface area contributed by atoms with Gasteiger partial charge in [-0.05, 0) is 26.0 Å². The quantitative estimate of drug-likeness (QED) is 0.656. The Morgan fingerprint density at radius 2 is 2.05 bits per heavy atom. The predicted molar refractivity (Wildman–Crippen MR) is 76.9 cm³/mol. The van der Waals surface area contributed by atoms with Crippen LogP contribution in [0.1, 0.15) is 13.8 Å². The molecule has 0 spiro atoms. The molecule has 112 valence electrons. The summed E-state index contributed by atoms with van der Waals surface area (Å²) in [6.45, 7) is 2.89. The van der Waals surface area contributed by atoms with Gasteiger partial charge in [-0.15, -0.1) is 0 Å². The van der Waals surface area contributed by atoms with Gasteiger partial charge < -0.3 is 10.5 Å². The highest BCUT2D eigenvalue weighted by atomic mass is 35.5. The van der Waals surface area contributed by atoms with E-state index >= 15 is 0 Å². The third-order valence-electron chi connectivity index (χ3n) is 2.65. The molecule has 0 aliphatic heterocycles. The average Bonchev–Trinajstić information content (AvgIpc) is 2.34. The number of esters is 1. The molecule has 8 heteroatoms. The molecule has 0 unspecified atom stereocenters. The van der Waals surface area contributed by atoms with Crippen LogP contribution in [0.25, 0.3) is 0 Å². The van der Waals surface area contributed by atoms with Crippen LogP contribution in [0.15, 0.2) is 23.1 Å². The Morgan fingerprint density at radius 1 is 1.45 bits per heavy atom. The van der Waals surface area contributed by atoms with Crippen molar-refractivity contribution in [1.82, 2.24) is 4.31 Å². The number of methoxy groups -OCH3 is 1. The van der Waals surface area contributed by atoms with Gasteiger partial charge in [0.2, 0.25) is 10.0 Å². The number of ether oxygens (including phenoxy) is 1. The van der Waals surface area contributed by atoms with E-state index in [0.717, 1.165) is 4.31 Å². The number of hydrogen-bond acceptors (Lipinski definition) is 5. The van der Waals surface area contributed by atoms with E-state index in [-0.39, 0.29) is 15.6 Å². The first-order valence-electron chi connectivity index (χ1n) is 5.84. The maximum absolute atomic E-state index is 12.6. The zero-order chi connectivity index (χ0) is 15.5. The van der Waals surface area contributed by atoms with Crippen LogP contribution in [0.5, 0.6) is 0 Å². The van der Waals surface area contributed by atoms with Crippen molar-refractivity contribution in [2.45, 2.75) is 24.8 Å². The van der Waals surface area contributed by atoms with Gasteiger partial charge in [-0.2, -0.15) is 4.31 Å². The maximum atomic E-state index is 12.6. The normalized spacial score (nSPS) is 11.9. The standard InChI is InChI=1S/C12H17ClN2O4S/c1-8(2)15(7-11(16)19-3)20(17,18)12-9(13)5-4-6-10(12)14/h4-6,8H,7,14H2,1-3H3. The Bertz CT molecular complexity index is 581. The summed E-state index contributed by atoms with van der Waals surface area (Å²) in [6, 6.07) is 3.97. The smallest absolute Gasteiger partial charge is 0.321 e. The SMILES string of the molecule is COC(=O)CN(C(C)C)S(=O)(=O)c1c(N)cccc1Cl. The number of benzene rings is 1. The number of sulfonamides is 1. The molecule has 0 amide bonds. The molecule has 2 N–H and O–H groups in total. The zero-order valence-electron chi connectivity index (χ0n) is 11.5. The molecule has 0 heterocycles. The molecule has 1 aromatic rings. The molecule has 1 rings (SSSR count). The van der Waals surface area contributed by atoms with Gasteiger partial charge in [0.05, 0.1) is 17.8 Å². The van der Waals surface area contributed by atoms with Crippen LogP contribution < -0.4 is 5.73 Å². The van der Waals surface area contributed by atoms with Crippen molar-refractivity contribution < 1.29 is 17.9 Å². The molecule has 0 saturated heterocycles. The van der Waals surface area contributed by atoms with E-state index in [1.54, 1.807) is 19.9 Å². The van der Waals surface area contributed by atoms with E-state index in [1.807, 2.05) is 0 Å². The molecule has 6 nitrogen and oxygen atoms in total. The van der Waals surface area contributed by atoms with Crippen LogP contribution in [-0.4, -0.2) is 38.4 Å². The molecule has 0 aliphatic rings. The summed E-state index contributed by atoms with van der Waals surface area (Å²) in [5.41, 5.74) is 5.74. The van der Waals surface area contributed by atoms with Crippen LogP contribution in [0.3, 0.4) is 0 Å². The number of nitrogens with zero attached hydrogens (tertiary/aromatic N) is 1. The fraction of sp³-hybridized carbons (Fsp3) is 0.417. The topological polar surface area (TPSA) is 89.7 Å². The van der Waals surface area contributed by atoms with E-state index in [2.05, 4.69) is 4.74 Å². The summed E-state index contributed by atoms with van der Waals surface area (Å²) >= 11 is 5.93. The average molecular weight is 321 g/mol. The van der Waals surface area contributed by atoms with Crippen molar-refractivity contribution in [2.75, 3.05) is 19.4 Å². The van der Waals surface area contributed by atoms with Gasteiger partial charge in [-0.3, -0.25) is 4.79 Å². The lowest BCUT2D eigenvalue weighted by atomic mass is 10.3. The number of nitrogens with two attached hydrogens (primary N) is 1. The van der Waals surface area contributed by atoms with Crippen molar-refractivity contribution >= 4 is 33.3 Å². The van der Waals surface area contributed by atoms with Crippen LogP contribution >= 0.6 is 11.6 Å². The second-order valence-corrected chi connectivity index (χ2v) is 6.61. The van der Waals surface area contributed by atoms with Crippen LogP contribution in [0.2, 0.25) is 5.02 Å². The number of carbonyl (C=O) groups is 1. The van der Waals surface area contributed by atoms with Gasteiger partial charge in [0.1, 0.15) is 11.4 Å². The number of hydrogen-bond donors (Lipinski definition) is 1. The van der Waals surface area contributed by atoms with Crippen molar-refractivity contribution in [2.24, 2.45) is 0 Å². The summed E-state index contributed by atoms with van der Waals surface area (Å²) in [4.78, 5) is 11.2. The van der Waals surface area contributed by atoms with Crippen molar-refractivity contribution in [3.63, 3.8) is 0 Å². The minimum Gasteiger partial charge on any atom is -0.468 e. The highest BCUT2D eigenvalue weighted by Gasteiger charge is 2.32. The van der Waals surface area contributed by atoms with Gasteiger partial charge in [0, 0.05) is 6.04 Å². The number of anilines is 1. The molecule has 0 atom stereocenters. The summed E-state index contributed by atoms with van der Waals surface area (Å²) in [5.74, 6) is -0.659. The maximum Gasteiger partial charge on any atom is 0.321 e. The number of carbonyl (C=O) groups excluding carboxylic acids is 1. The Hall–Kier alpha value is -1.31. The highest BCUT2D eigenvalue weighted by Crippen LogP contribution is 2.30. The van der Waals surface area contributed by atoms with E-state index in [0.29, 0.717) is 0 Å². The van der Waals surface area contributed by atoms with Gasteiger partial charge in [0.25, 0.3) is 0 Å². The Balaban J connectivity index is 3.34. The largest absolute Gasteiger partial charge is 0.468 e. The number of halogens is 1. The molecular weight excluding hydrogens is 304 g/mol. The summed E-state index contributed by atoms with van der Waals surface area (Å²) in [5, 5.41) is 0.0144. The number of rotatable bonds is 5.